The first-order valence-electron chi connectivity index (χ1n) is 14.3. The van der Waals surface area contributed by atoms with Gasteiger partial charge >= 0.3 is 250 Å². The molecular formula is C40H36Te. The average molecular weight is 644 g/mol. The van der Waals surface area contributed by atoms with Gasteiger partial charge in [0.1, 0.15) is 0 Å². The zero-order valence-electron chi connectivity index (χ0n) is 24.3. The van der Waals surface area contributed by atoms with Gasteiger partial charge < -0.3 is 0 Å². The van der Waals surface area contributed by atoms with E-state index in [2.05, 4.69) is 173 Å². The van der Waals surface area contributed by atoms with E-state index in [-0.39, 0.29) is 0 Å². The van der Waals surface area contributed by atoms with E-state index in [1.54, 1.807) is 0 Å². The van der Waals surface area contributed by atoms with Crippen molar-refractivity contribution in [1.29, 1.82) is 0 Å². The summed E-state index contributed by atoms with van der Waals surface area (Å²) in [5.74, 6) is 0. The molecule has 202 valence electrons. The molecule has 6 aromatic rings. The van der Waals surface area contributed by atoms with Gasteiger partial charge in [-0.3, -0.25) is 0 Å². The first kappa shape index (κ1) is 27.3. The molecule has 0 nitrogen and oxygen atoms in total. The molecule has 0 saturated heterocycles. The van der Waals surface area contributed by atoms with Crippen molar-refractivity contribution in [3.63, 3.8) is 0 Å². The van der Waals surface area contributed by atoms with Gasteiger partial charge in [-0.2, -0.15) is 0 Å². The molecule has 0 spiro atoms. The van der Waals surface area contributed by atoms with Crippen molar-refractivity contribution in [1.82, 2.24) is 0 Å². The van der Waals surface area contributed by atoms with Crippen molar-refractivity contribution in [2.45, 2.75) is 27.7 Å². The minimum absolute atomic E-state index is 1.27. The van der Waals surface area contributed by atoms with Gasteiger partial charge in [0.25, 0.3) is 0 Å². The van der Waals surface area contributed by atoms with Crippen LogP contribution in [-0.2, 0) is 0 Å². The van der Waals surface area contributed by atoms with E-state index in [1.165, 1.54) is 59.0 Å². The molecule has 1 heteroatoms. The van der Waals surface area contributed by atoms with Crippen LogP contribution in [0.1, 0.15) is 22.3 Å². The molecule has 0 radical (unpaired) electrons. The van der Waals surface area contributed by atoms with Crippen LogP contribution < -0.4 is 14.4 Å². The summed E-state index contributed by atoms with van der Waals surface area (Å²) in [5.41, 5.74) is 10.4. The molecule has 0 aromatic heterocycles. The number of rotatable bonds is 6. The summed E-state index contributed by atoms with van der Waals surface area (Å²) in [7, 11) is 0. The molecular weight excluding hydrogens is 608 g/mol. The van der Waals surface area contributed by atoms with Gasteiger partial charge in [0.15, 0.2) is 0 Å². The third kappa shape index (κ3) is 5.17. The second-order valence-electron chi connectivity index (χ2n) is 10.9. The van der Waals surface area contributed by atoms with E-state index < -0.39 is 18.2 Å². The van der Waals surface area contributed by atoms with Crippen LogP contribution in [0, 0.1) is 27.7 Å². The number of benzene rings is 6. The molecule has 6 aromatic carbocycles. The summed E-state index contributed by atoms with van der Waals surface area (Å²) in [4.78, 5) is 0. The fourth-order valence-electron chi connectivity index (χ4n) is 5.74. The van der Waals surface area contributed by atoms with E-state index >= 15 is 0 Å². The quantitative estimate of drug-likeness (QED) is 0.164. The molecule has 0 aliphatic carbocycles. The van der Waals surface area contributed by atoms with E-state index in [0.29, 0.717) is 0 Å². The van der Waals surface area contributed by atoms with E-state index in [0.717, 1.165) is 0 Å². The van der Waals surface area contributed by atoms with Crippen LogP contribution in [0.4, 0.5) is 0 Å². The fourth-order valence-corrected chi connectivity index (χ4v) is 16.7. The molecule has 0 amide bonds. The molecule has 0 atom stereocenters. The third-order valence-corrected chi connectivity index (χ3v) is 19.1. The Morgan fingerprint density at radius 3 is 1.05 bits per heavy atom. The molecule has 0 heterocycles. The predicted molar refractivity (Wildman–Crippen MR) is 180 cm³/mol. The molecule has 41 heavy (non-hydrogen) atoms. The Hall–Kier alpha value is -3.89. The first-order chi connectivity index (χ1) is 20.0. The van der Waals surface area contributed by atoms with Gasteiger partial charge in [0.2, 0.25) is 0 Å². The molecule has 0 N–H and O–H groups in total. The van der Waals surface area contributed by atoms with E-state index in [9.17, 15) is 0 Å². The average Bonchev–Trinajstić information content (AvgIpc) is 3.01. The van der Waals surface area contributed by atoms with Gasteiger partial charge in [0.05, 0.1) is 0 Å². The second kappa shape index (κ2) is 11.5. The van der Waals surface area contributed by atoms with Gasteiger partial charge in [-0.25, -0.2) is 0 Å². The topological polar surface area (TPSA) is 0 Å². The Balaban J connectivity index is 1.73. The van der Waals surface area contributed by atoms with Gasteiger partial charge in [-0.1, -0.05) is 0 Å². The second-order valence-corrected chi connectivity index (χ2v) is 19.8. The Bertz CT molecular complexity index is 1640. The maximum atomic E-state index is 2.51. The molecule has 0 fully saturated rings. The van der Waals surface area contributed by atoms with Crippen molar-refractivity contribution in [2.75, 3.05) is 0 Å². The minimum atomic E-state index is -3.53. The van der Waals surface area contributed by atoms with Crippen molar-refractivity contribution in [2.24, 2.45) is 0 Å². The first-order valence-corrected chi connectivity index (χ1v) is 18.9. The summed E-state index contributed by atoms with van der Waals surface area (Å²) in [6.45, 7) is 8.84. The standard InChI is InChI=1S/C40H36Te/c1-29-15-21-35(22-16-29)41(36-23-17-30(2)18-24-36,37-25-19-31(3)39(27-37)33-11-7-5-8-12-33)38-26-20-32(4)40(28-38)34-13-9-6-10-14-34/h5-28H,1-4H3. The van der Waals surface area contributed by atoms with Crippen molar-refractivity contribution >= 4 is 32.6 Å². The fraction of sp³-hybridized carbons (Fsp3) is 0.100. The Labute approximate surface area is 249 Å². The maximum absolute atomic E-state index is 3.53. The molecule has 6 rings (SSSR count). The van der Waals surface area contributed by atoms with Crippen molar-refractivity contribution in [3.8, 4) is 22.3 Å². The molecule has 0 saturated carbocycles. The summed E-state index contributed by atoms with van der Waals surface area (Å²) >= 11 is -3.53. The SMILES string of the molecule is Cc1ccc([Te](c2ccc(C)cc2)(c2ccc(C)c(-c3ccccc3)c2)c2ccc(C)c(-c3ccccc3)c2)cc1. The summed E-state index contributed by atoms with van der Waals surface area (Å²) in [6.07, 6.45) is 0. The predicted octanol–water partition coefficient (Wildman–Crippen LogP) is 7.63. The van der Waals surface area contributed by atoms with Gasteiger partial charge in [-0.15, -0.1) is 0 Å². The van der Waals surface area contributed by atoms with Crippen LogP contribution in [-0.4, -0.2) is 18.2 Å². The Kier molecular flexibility index (Phi) is 7.68. The Morgan fingerprint density at radius 1 is 0.341 bits per heavy atom. The number of hydrogen-bond acceptors (Lipinski definition) is 0. The normalized spacial score (nSPS) is 11.8. The van der Waals surface area contributed by atoms with Crippen LogP contribution >= 0.6 is 0 Å². The molecule has 0 aliphatic heterocycles. The van der Waals surface area contributed by atoms with E-state index in [4.69, 9.17) is 0 Å². The van der Waals surface area contributed by atoms with Crippen LogP contribution in [0.25, 0.3) is 22.3 Å². The van der Waals surface area contributed by atoms with Gasteiger partial charge in [-0.05, 0) is 0 Å². The summed E-state index contributed by atoms with van der Waals surface area (Å²) in [5, 5.41) is 0. The van der Waals surface area contributed by atoms with Crippen molar-refractivity contribution < 1.29 is 0 Å². The monoisotopic (exact) mass is 646 g/mol. The van der Waals surface area contributed by atoms with E-state index in [1.807, 2.05) is 0 Å². The van der Waals surface area contributed by atoms with Gasteiger partial charge in [0, 0.05) is 0 Å². The number of aryl methyl sites for hydroxylation is 4. The summed E-state index contributed by atoms with van der Waals surface area (Å²) in [6, 6.07) is 55.0. The van der Waals surface area contributed by atoms with Crippen LogP contribution in [0.5, 0.6) is 0 Å². The molecule has 0 aliphatic rings. The third-order valence-electron chi connectivity index (χ3n) is 8.04. The molecule has 0 bridgehead atoms. The number of hydrogen-bond donors (Lipinski definition) is 0. The zero-order chi connectivity index (χ0) is 28.4. The molecule has 0 unspecified atom stereocenters. The van der Waals surface area contributed by atoms with Crippen molar-refractivity contribution in [3.05, 3.63) is 168 Å². The Morgan fingerprint density at radius 2 is 0.683 bits per heavy atom. The van der Waals surface area contributed by atoms with Crippen LogP contribution in [0.3, 0.4) is 0 Å². The summed E-state index contributed by atoms with van der Waals surface area (Å²) < 4.78 is 5.81. The zero-order valence-corrected chi connectivity index (χ0v) is 26.6. The van der Waals surface area contributed by atoms with Crippen LogP contribution in [0.15, 0.2) is 146 Å². The van der Waals surface area contributed by atoms with Crippen LogP contribution in [0.2, 0.25) is 0 Å².